The van der Waals surface area contributed by atoms with Gasteiger partial charge in [-0.3, -0.25) is 4.79 Å². The summed E-state index contributed by atoms with van der Waals surface area (Å²) in [7, 11) is 0. The fourth-order valence-electron chi connectivity index (χ4n) is 2.52. The lowest BCUT2D eigenvalue weighted by Gasteiger charge is -2.11. The number of ether oxygens (including phenoxy) is 2. The quantitative estimate of drug-likeness (QED) is 0.681. The Kier molecular flexibility index (Phi) is 5.99. The molecule has 138 valence electrons. The van der Waals surface area contributed by atoms with Gasteiger partial charge in [0.2, 0.25) is 5.88 Å². The predicted octanol–water partition coefficient (Wildman–Crippen LogP) is 4.19. The summed E-state index contributed by atoms with van der Waals surface area (Å²) in [6.07, 6.45) is 1.49. The second kappa shape index (κ2) is 8.80. The first kappa shape index (κ1) is 18.4. The summed E-state index contributed by atoms with van der Waals surface area (Å²) in [5.74, 6) is 0.0218. The molecule has 1 amide bonds. The molecule has 0 atom stereocenters. The Labute approximate surface area is 158 Å². The maximum Gasteiger partial charge on any atom is 0.319 e. The fraction of sp³-hybridized carbons (Fsp3) is 0.190. The minimum atomic E-state index is -0.261. The molecule has 0 spiro atoms. The topological polar surface area (TPSA) is 73.3 Å². The predicted molar refractivity (Wildman–Crippen MR) is 104 cm³/mol. The van der Waals surface area contributed by atoms with Crippen LogP contribution in [0.5, 0.6) is 11.9 Å². The lowest BCUT2D eigenvalue weighted by atomic mass is 10.0. The van der Waals surface area contributed by atoms with Crippen molar-refractivity contribution in [2.75, 3.05) is 18.5 Å². The molecule has 2 aromatic carbocycles. The van der Waals surface area contributed by atoms with Crippen LogP contribution >= 0.6 is 0 Å². The third-order valence-electron chi connectivity index (χ3n) is 3.79. The van der Waals surface area contributed by atoms with E-state index in [0.717, 1.165) is 11.1 Å². The molecular formula is C21H21N3O3. The second-order valence-corrected chi connectivity index (χ2v) is 5.63. The molecule has 6 heteroatoms. The van der Waals surface area contributed by atoms with Gasteiger partial charge in [0.1, 0.15) is 5.69 Å². The van der Waals surface area contributed by atoms with E-state index < -0.39 is 0 Å². The maximum atomic E-state index is 12.6. The molecule has 1 aromatic heterocycles. The molecule has 0 bridgehead atoms. The zero-order valence-corrected chi connectivity index (χ0v) is 15.3. The molecular weight excluding hydrogens is 342 g/mol. The van der Waals surface area contributed by atoms with E-state index in [-0.39, 0.29) is 17.8 Å². The summed E-state index contributed by atoms with van der Waals surface area (Å²) in [6.45, 7) is 4.55. The maximum absolute atomic E-state index is 12.6. The molecule has 0 radical (unpaired) electrons. The average molecular weight is 363 g/mol. The lowest BCUT2D eigenvalue weighted by molar-refractivity contribution is 0.102. The van der Waals surface area contributed by atoms with Crippen molar-refractivity contribution in [1.82, 2.24) is 9.97 Å². The molecule has 1 N–H and O–H groups in total. The highest BCUT2D eigenvalue weighted by Gasteiger charge is 2.13. The summed E-state index contributed by atoms with van der Waals surface area (Å²) >= 11 is 0. The van der Waals surface area contributed by atoms with Crippen molar-refractivity contribution in [1.29, 1.82) is 0 Å². The Bertz CT molecular complexity index is 896. The molecule has 0 aliphatic rings. The van der Waals surface area contributed by atoms with Gasteiger partial charge >= 0.3 is 6.01 Å². The van der Waals surface area contributed by atoms with E-state index in [4.69, 9.17) is 9.47 Å². The van der Waals surface area contributed by atoms with Gasteiger partial charge in [-0.2, -0.15) is 4.98 Å². The Morgan fingerprint density at radius 1 is 0.926 bits per heavy atom. The number of nitrogens with zero attached hydrogens (tertiary/aromatic N) is 2. The van der Waals surface area contributed by atoms with Crippen LogP contribution in [0, 0.1) is 0 Å². The van der Waals surface area contributed by atoms with E-state index in [2.05, 4.69) is 15.3 Å². The minimum Gasteiger partial charge on any atom is -0.476 e. The average Bonchev–Trinajstić information content (AvgIpc) is 2.71. The van der Waals surface area contributed by atoms with Gasteiger partial charge in [0.15, 0.2) is 0 Å². The van der Waals surface area contributed by atoms with Gasteiger partial charge in [0, 0.05) is 5.56 Å². The Balaban J connectivity index is 1.77. The third-order valence-corrected chi connectivity index (χ3v) is 3.79. The molecule has 27 heavy (non-hydrogen) atoms. The number of carbonyl (C=O) groups excluding carboxylic acids is 1. The van der Waals surface area contributed by atoms with Crippen LogP contribution in [0.3, 0.4) is 0 Å². The second-order valence-electron chi connectivity index (χ2n) is 5.63. The van der Waals surface area contributed by atoms with Crippen LogP contribution in [0.2, 0.25) is 0 Å². The fourth-order valence-corrected chi connectivity index (χ4v) is 2.52. The molecule has 0 saturated heterocycles. The minimum absolute atomic E-state index is 0.214. The van der Waals surface area contributed by atoms with Gasteiger partial charge in [0.05, 0.1) is 19.4 Å². The van der Waals surface area contributed by atoms with Crippen LogP contribution in [-0.4, -0.2) is 29.1 Å². The van der Waals surface area contributed by atoms with Crippen LogP contribution in [0.25, 0.3) is 11.1 Å². The van der Waals surface area contributed by atoms with Crippen molar-refractivity contribution < 1.29 is 14.3 Å². The first-order chi connectivity index (χ1) is 13.2. The van der Waals surface area contributed by atoms with Crippen LogP contribution in [-0.2, 0) is 0 Å². The first-order valence-electron chi connectivity index (χ1n) is 8.80. The SMILES string of the molecule is CCOc1ncc(NC(=O)c2ccc(-c3ccccc3)cc2)c(OCC)n1. The van der Waals surface area contributed by atoms with E-state index in [1.807, 2.05) is 56.3 Å². The Morgan fingerprint density at radius 3 is 2.26 bits per heavy atom. The number of anilines is 1. The number of carbonyl (C=O) groups is 1. The summed E-state index contributed by atoms with van der Waals surface area (Å²) < 4.78 is 10.8. The van der Waals surface area contributed by atoms with E-state index in [1.54, 1.807) is 12.1 Å². The van der Waals surface area contributed by atoms with Crippen molar-refractivity contribution >= 4 is 11.6 Å². The van der Waals surface area contributed by atoms with Crippen LogP contribution in [0.15, 0.2) is 60.8 Å². The zero-order chi connectivity index (χ0) is 19.1. The lowest BCUT2D eigenvalue weighted by Crippen LogP contribution is -2.14. The zero-order valence-electron chi connectivity index (χ0n) is 15.3. The van der Waals surface area contributed by atoms with Crippen LogP contribution < -0.4 is 14.8 Å². The van der Waals surface area contributed by atoms with Gasteiger partial charge in [-0.05, 0) is 37.1 Å². The van der Waals surface area contributed by atoms with Crippen molar-refractivity contribution in [3.8, 4) is 23.0 Å². The summed E-state index contributed by atoms with van der Waals surface area (Å²) in [5, 5.41) is 2.80. The van der Waals surface area contributed by atoms with Gasteiger partial charge in [-0.1, -0.05) is 42.5 Å². The molecule has 0 fully saturated rings. The van der Waals surface area contributed by atoms with Crippen molar-refractivity contribution in [3.05, 3.63) is 66.4 Å². The van der Waals surface area contributed by atoms with Crippen molar-refractivity contribution in [2.45, 2.75) is 13.8 Å². The molecule has 0 saturated carbocycles. The number of hydrogen-bond acceptors (Lipinski definition) is 5. The van der Waals surface area contributed by atoms with E-state index in [1.165, 1.54) is 6.20 Å². The number of nitrogens with one attached hydrogen (secondary N) is 1. The normalized spacial score (nSPS) is 10.3. The van der Waals surface area contributed by atoms with E-state index in [0.29, 0.717) is 24.5 Å². The number of hydrogen-bond donors (Lipinski definition) is 1. The van der Waals surface area contributed by atoms with E-state index >= 15 is 0 Å². The molecule has 3 rings (SSSR count). The molecule has 6 nitrogen and oxygen atoms in total. The number of benzene rings is 2. The van der Waals surface area contributed by atoms with Gasteiger partial charge in [0.25, 0.3) is 5.91 Å². The summed E-state index contributed by atoms with van der Waals surface area (Å²) in [6, 6.07) is 17.6. The highest BCUT2D eigenvalue weighted by atomic mass is 16.5. The van der Waals surface area contributed by atoms with Crippen LogP contribution in [0.4, 0.5) is 5.69 Å². The highest BCUT2D eigenvalue weighted by molar-refractivity contribution is 6.05. The number of rotatable bonds is 7. The molecule has 3 aromatic rings. The largest absolute Gasteiger partial charge is 0.476 e. The smallest absolute Gasteiger partial charge is 0.319 e. The monoisotopic (exact) mass is 363 g/mol. The van der Waals surface area contributed by atoms with Crippen LogP contribution in [0.1, 0.15) is 24.2 Å². The van der Waals surface area contributed by atoms with Gasteiger partial charge in [-0.15, -0.1) is 0 Å². The number of aromatic nitrogens is 2. The Morgan fingerprint density at radius 2 is 1.59 bits per heavy atom. The molecule has 0 unspecified atom stereocenters. The highest BCUT2D eigenvalue weighted by Crippen LogP contribution is 2.24. The van der Waals surface area contributed by atoms with Crippen molar-refractivity contribution in [2.24, 2.45) is 0 Å². The number of amides is 1. The Hall–Kier alpha value is -3.41. The third kappa shape index (κ3) is 4.61. The molecule has 0 aliphatic carbocycles. The molecule has 1 heterocycles. The molecule has 0 aliphatic heterocycles. The van der Waals surface area contributed by atoms with E-state index in [9.17, 15) is 4.79 Å². The van der Waals surface area contributed by atoms with Gasteiger partial charge < -0.3 is 14.8 Å². The summed E-state index contributed by atoms with van der Waals surface area (Å²) in [5.41, 5.74) is 3.08. The van der Waals surface area contributed by atoms with Gasteiger partial charge in [-0.25, -0.2) is 4.98 Å². The standard InChI is InChI=1S/C21H21N3O3/c1-3-26-20-18(14-22-21(24-20)27-4-2)23-19(25)17-12-10-16(11-13-17)15-8-6-5-7-9-15/h5-14H,3-4H2,1-2H3,(H,23,25). The summed E-state index contributed by atoms with van der Waals surface area (Å²) in [4.78, 5) is 20.8. The van der Waals surface area contributed by atoms with Crippen molar-refractivity contribution in [3.63, 3.8) is 0 Å². The first-order valence-corrected chi connectivity index (χ1v) is 8.80.